The van der Waals surface area contributed by atoms with Crippen LogP contribution in [0, 0.1) is 11.3 Å². The predicted octanol–water partition coefficient (Wildman–Crippen LogP) is 2.32. The lowest BCUT2D eigenvalue weighted by Crippen LogP contribution is -2.48. The molecule has 0 atom stereocenters. The van der Waals surface area contributed by atoms with Crippen LogP contribution >= 0.6 is 0 Å². The smallest absolute Gasteiger partial charge is 0.243 e. The lowest BCUT2D eigenvalue weighted by molar-refractivity contribution is 0.181. The molecule has 3 aromatic rings. The van der Waals surface area contributed by atoms with Gasteiger partial charge in [0.05, 0.1) is 16.0 Å². The zero-order valence-electron chi connectivity index (χ0n) is 14.8. The molecule has 1 aromatic carbocycles. The molecule has 0 aliphatic carbocycles. The predicted molar refractivity (Wildman–Crippen MR) is 103 cm³/mol. The van der Waals surface area contributed by atoms with E-state index in [1.165, 1.54) is 0 Å². The van der Waals surface area contributed by atoms with Crippen molar-refractivity contribution in [3.8, 4) is 6.07 Å². The lowest BCUT2D eigenvalue weighted by atomic mass is 10.1. The molecule has 0 N–H and O–H groups in total. The molecule has 0 bridgehead atoms. The minimum absolute atomic E-state index is 0.337. The van der Waals surface area contributed by atoms with Gasteiger partial charge in [-0.1, -0.05) is 24.3 Å². The van der Waals surface area contributed by atoms with Crippen molar-refractivity contribution in [1.82, 2.24) is 13.6 Å². The Morgan fingerprint density at radius 1 is 0.963 bits per heavy atom. The van der Waals surface area contributed by atoms with Crippen LogP contribution in [0.4, 0.5) is 0 Å². The Labute approximate surface area is 158 Å². The summed E-state index contributed by atoms with van der Waals surface area (Å²) in [6, 6.07) is 16.7. The van der Waals surface area contributed by atoms with Crippen molar-refractivity contribution in [3.05, 3.63) is 72.1 Å². The van der Waals surface area contributed by atoms with Gasteiger partial charge in [-0.05, 0) is 24.3 Å². The minimum Gasteiger partial charge on any atom is -0.322 e. The third kappa shape index (κ3) is 3.35. The molecule has 6 nitrogen and oxygen atoms in total. The molecule has 0 spiro atoms. The fourth-order valence-corrected chi connectivity index (χ4v) is 4.98. The highest BCUT2D eigenvalue weighted by Gasteiger charge is 2.28. The SMILES string of the molecule is N#Cc1c(CN2CCN(S(=O)(=O)c3ccccc3)CC2)cn2ccccc12. The highest BCUT2D eigenvalue weighted by molar-refractivity contribution is 7.89. The van der Waals surface area contributed by atoms with Crippen LogP contribution in [-0.2, 0) is 16.6 Å². The Bertz CT molecular complexity index is 1090. The number of hydrogen-bond donors (Lipinski definition) is 0. The largest absolute Gasteiger partial charge is 0.322 e. The first-order valence-electron chi connectivity index (χ1n) is 8.86. The summed E-state index contributed by atoms with van der Waals surface area (Å²) in [5.74, 6) is 0. The fourth-order valence-electron chi connectivity index (χ4n) is 3.54. The van der Waals surface area contributed by atoms with Crippen LogP contribution in [0.2, 0.25) is 0 Å². The number of piperazine rings is 1. The summed E-state index contributed by atoms with van der Waals surface area (Å²) in [6.07, 6.45) is 3.92. The fraction of sp³-hybridized carbons (Fsp3) is 0.250. The molecule has 4 rings (SSSR count). The molecule has 1 fully saturated rings. The molecular weight excluding hydrogens is 360 g/mol. The Balaban J connectivity index is 1.47. The number of fused-ring (bicyclic) bond motifs is 1. The molecule has 0 amide bonds. The van der Waals surface area contributed by atoms with Gasteiger partial charge in [-0.3, -0.25) is 4.90 Å². The maximum absolute atomic E-state index is 12.7. The summed E-state index contributed by atoms with van der Waals surface area (Å²) >= 11 is 0. The summed E-state index contributed by atoms with van der Waals surface area (Å²) < 4.78 is 29.0. The molecule has 1 saturated heterocycles. The first kappa shape index (κ1) is 17.7. The first-order valence-corrected chi connectivity index (χ1v) is 10.3. The van der Waals surface area contributed by atoms with Crippen molar-refractivity contribution in [2.75, 3.05) is 26.2 Å². The summed E-state index contributed by atoms with van der Waals surface area (Å²) in [5, 5.41) is 9.54. The van der Waals surface area contributed by atoms with E-state index in [0.717, 1.165) is 11.1 Å². The summed E-state index contributed by atoms with van der Waals surface area (Å²) in [7, 11) is -3.44. The number of hydrogen-bond acceptors (Lipinski definition) is 4. The van der Waals surface area contributed by atoms with Crippen LogP contribution in [0.1, 0.15) is 11.1 Å². The maximum atomic E-state index is 12.7. The monoisotopic (exact) mass is 380 g/mol. The van der Waals surface area contributed by atoms with Crippen LogP contribution in [0.25, 0.3) is 5.52 Å². The Morgan fingerprint density at radius 3 is 2.37 bits per heavy atom. The highest BCUT2D eigenvalue weighted by atomic mass is 32.2. The summed E-state index contributed by atoms with van der Waals surface area (Å²) in [5.41, 5.74) is 2.57. The van der Waals surface area contributed by atoms with E-state index in [-0.39, 0.29) is 0 Å². The number of sulfonamides is 1. The van der Waals surface area contributed by atoms with Gasteiger partial charge in [-0.25, -0.2) is 8.42 Å². The van der Waals surface area contributed by atoms with Gasteiger partial charge in [-0.2, -0.15) is 9.57 Å². The number of pyridine rings is 1. The van der Waals surface area contributed by atoms with Crippen LogP contribution < -0.4 is 0 Å². The second kappa shape index (κ2) is 7.16. The van der Waals surface area contributed by atoms with Crippen LogP contribution in [0.3, 0.4) is 0 Å². The average Bonchev–Trinajstić information content (AvgIpc) is 3.06. The van der Waals surface area contributed by atoms with Crippen LogP contribution in [0.15, 0.2) is 65.8 Å². The molecule has 3 heterocycles. The topological polar surface area (TPSA) is 68.8 Å². The number of rotatable bonds is 4. The van der Waals surface area contributed by atoms with Crippen LogP contribution in [0.5, 0.6) is 0 Å². The maximum Gasteiger partial charge on any atom is 0.243 e. The average molecular weight is 380 g/mol. The molecule has 7 heteroatoms. The molecule has 0 radical (unpaired) electrons. The van der Waals surface area contributed by atoms with Gasteiger partial charge < -0.3 is 4.40 Å². The molecule has 2 aromatic heterocycles. The van der Waals surface area contributed by atoms with Crippen molar-refractivity contribution in [1.29, 1.82) is 5.26 Å². The molecule has 0 unspecified atom stereocenters. The van der Waals surface area contributed by atoms with E-state index in [4.69, 9.17) is 0 Å². The van der Waals surface area contributed by atoms with E-state index in [1.807, 2.05) is 41.1 Å². The minimum atomic E-state index is -3.44. The molecule has 0 saturated carbocycles. The number of aromatic nitrogens is 1. The van der Waals surface area contributed by atoms with E-state index < -0.39 is 10.0 Å². The number of nitrogens with zero attached hydrogens (tertiary/aromatic N) is 4. The van der Waals surface area contributed by atoms with Crippen molar-refractivity contribution < 1.29 is 8.42 Å². The Kier molecular flexibility index (Phi) is 4.70. The normalized spacial score (nSPS) is 16.4. The molecule has 1 aliphatic heterocycles. The summed E-state index contributed by atoms with van der Waals surface area (Å²) in [4.78, 5) is 2.54. The van der Waals surface area contributed by atoms with Gasteiger partial charge in [0.1, 0.15) is 6.07 Å². The third-order valence-electron chi connectivity index (χ3n) is 4.98. The van der Waals surface area contributed by atoms with E-state index in [9.17, 15) is 13.7 Å². The van der Waals surface area contributed by atoms with E-state index in [0.29, 0.717) is 43.2 Å². The van der Waals surface area contributed by atoms with Crippen molar-refractivity contribution in [2.45, 2.75) is 11.4 Å². The van der Waals surface area contributed by atoms with Crippen molar-refractivity contribution in [3.63, 3.8) is 0 Å². The second-order valence-corrected chi connectivity index (χ2v) is 8.57. The second-order valence-electron chi connectivity index (χ2n) is 6.63. The number of nitriles is 1. The molecule has 1 aliphatic rings. The van der Waals surface area contributed by atoms with Gasteiger partial charge >= 0.3 is 0 Å². The Hall–Kier alpha value is -2.66. The lowest BCUT2D eigenvalue weighted by Gasteiger charge is -2.33. The number of benzene rings is 1. The molecular formula is C20H20N4O2S. The van der Waals surface area contributed by atoms with Gasteiger partial charge in [0.25, 0.3) is 0 Å². The quantitative estimate of drug-likeness (QED) is 0.697. The van der Waals surface area contributed by atoms with E-state index in [2.05, 4.69) is 11.0 Å². The van der Waals surface area contributed by atoms with Gasteiger partial charge in [0, 0.05) is 50.7 Å². The van der Waals surface area contributed by atoms with Gasteiger partial charge in [0.2, 0.25) is 10.0 Å². The third-order valence-corrected chi connectivity index (χ3v) is 6.89. The molecule has 138 valence electrons. The van der Waals surface area contributed by atoms with Crippen molar-refractivity contribution >= 4 is 15.5 Å². The zero-order valence-corrected chi connectivity index (χ0v) is 15.6. The Morgan fingerprint density at radius 2 is 1.67 bits per heavy atom. The molecule has 27 heavy (non-hydrogen) atoms. The van der Waals surface area contributed by atoms with Crippen LogP contribution in [-0.4, -0.2) is 48.2 Å². The van der Waals surface area contributed by atoms with E-state index >= 15 is 0 Å². The standard InChI is InChI=1S/C20H20N4O2S/c21-14-19-17(16-23-9-5-4-8-20(19)23)15-22-10-12-24(13-11-22)27(25,26)18-6-2-1-3-7-18/h1-9,16H,10-13,15H2. The van der Waals surface area contributed by atoms with Gasteiger partial charge in [0.15, 0.2) is 0 Å². The van der Waals surface area contributed by atoms with Gasteiger partial charge in [-0.15, -0.1) is 0 Å². The van der Waals surface area contributed by atoms with E-state index in [1.54, 1.807) is 28.6 Å². The highest BCUT2D eigenvalue weighted by Crippen LogP contribution is 2.22. The summed E-state index contributed by atoms with van der Waals surface area (Å²) in [6.45, 7) is 2.83. The van der Waals surface area contributed by atoms with Crippen molar-refractivity contribution in [2.24, 2.45) is 0 Å². The zero-order chi connectivity index (χ0) is 18.9. The first-order chi connectivity index (χ1) is 13.1.